The van der Waals surface area contributed by atoms with E-state index in [-0.39, 0.29) is 31.3 Å². The van der Waals surface area contributed by atoms with Gasteiger partial charge in [0, 0.05) is 12.8 Å². The third-order valence-corrected chi connectivity index (χ3v) is 10.1. The van der Waals surface area contributed by atoms with Crippen LogP contribution in [0, 0.1) is 0 Å². The smallest absolute Gasteiger partial charge is 0.306 e. The highest BCUT2D eigenvalue weighted by Gasteiger charge is 2.23. The Morgan fingerprint density at radius 1 is 0.517 bits per heavy atom. The minimum absolute atomic E-state index is 0.0280. The summed E-state index contributed by atoms with van der Waals surface area (Å²) in [5, 5.41) is 23.6. The number of rotatable bonds is 41. The summed E-state index contributed by atoms with van der Waals surface area (Å²) in [6, 6.07) is -0.747. The van der Waals surface area contributed by atoms with Crippen molar-refractivity contribution < 1.29 is 24.5 Å². The number of carbonyl (C=O) groups is 2. The van der Waals surface area contributed by atoms with Gasteiger partial charge in [-0.25, -0.2) is 0 Å². The normalized spacial score (nSPS) is 14.3. The molecule has 0 spiro atoms. The van der Waals surface area contributed by atoms with Crippen LogP contribution in [0.1, 0.15) is 194 Å². The van der Waals surface area contributed by atoms with Gasteiger partial charge >= 0.3 is 5.97 Å². The van der Waals surface area contributed by atoms with E-state index in [1.54, 1.807) is 0 Å². The second-order valence-corrected chi connectivity index (χ2v) is 15.8. The highest BCUT2D eigenvalue weighted by atomic mass is 16.5. The van der Waals surface area contributed by atoms with Gasteiger partial charge in [-0.05, 0) is 83.5 Å². The van der Waals surface area contributed by atoms with Crippen molar-refractivity contribution >= 4 is 11.9 Å². The molecule has 0 radical (unpaired) electrons. The average molecular weight is 832 g/mol. The van der Waals surface area contributed by atoms with Crippen molar-refractivity contribution in [2.75, 3.05) is 6.61 Å². The van der Waals surface area contributed by atoms with Gasteiger partial charge in [0.2, 0.25) is 5.91 Å². The molecule has 6 nitrogen and oxygen atoms in total. The van der Waals surface area contributed by atoms with Crippen LogP contribution in [0.25, 0.3) is 0 Å². The lowest BCUT2D eigenvalue weighted by Gasteiger charge is -2.24. The van der Waals surface area contributed by atoms with E-state index in [1.165, 1.54) is 57.8 Å². The first-order valence-corrected chi connectivity index (χ1v) is 24.1. The van der Waals surface area contributed by atoms with E-state index >= 15 is 0 Å². The molecule has 3 N–H and O–H groups in total. The topological polar surface area (TPSA) is 95.9 Å². The first kappa shape index (κ1) is 56.5. The summed E-state index contributed by atoms with van der Waals surface area (Å²) in [7, 11) is 0. The van der Waals surface area contributed by atoms with E-state index in [0.717, 1.165) is 83.5 Å². The van der Waals surface area contributed by atoms with Crippen molar-refractivity contribution in [1.29, 1.82) is 0 Å². The number of unbranched alkanes of at least 4 members (excludes halogenated alkanes) is 12. The second-order valence-electron chi connectivity index (χ2n) is 15.8. The average Bonchev–Trinajstić information content (AvgIpc) is 3.24. The highest BCUT2D eigenvalue weighted by molar-refractivity contribution is 5.77. The van der Waals surface area contributed by atoms with E-state index in [4.69, 9.17) is 4.74 Å². The summed E-state index contributed by atoms with van der Waals surface area (Å²) >= 11 is 0. The molecular weight excluding hydrogens is 743 g/mol. The molecule has 3 unspecified atom stereocenters. The first-order valence-electron chi connectivity index (χ1n) is 24.1. The van der Waals surface area contributed by atoms with Gasteiger partial charge in [-0.2, -0.15) is 0 Å². The van der Waals surface area contributed by atoms with E-state index < -0.39 is 18.2 Å². The van der Waals surface area contributed by atoms with Gasteiger partial charge in [-0.1, -0.05) is 201 Å². The number of aliphatic hydroxyl groups is 2. The summed E-state index contributed by atoms with van der Waals surface area (Å²) in [5.41, 5.74) is 0. The lowest BCUT2D eigenvalue weighted by molar-refractivity contribution is -0.150. The van der Waals surface area contributed by atoms with Crippen molar-refractivity contribution in [3.05, 3.63) is 109 Å². The summed E-state index contributed by atoms with van der Waals surface area (Å²) in [4.78, 5) is 26.0. The molecular formula is C54H89NO5. The summed E-state index contributed by atoms with van der Waals surface area (Å²) in [6.45, 7) is 6.26. The van der Waals surface area contributed by atoms with Crippen LogP contribution in [0.3, 0.4) is 0 Å². The number of hydrogen-bond acceptors (Lipinski definition) is 5. The Kier molecular flexibility index (Phi) is 43.9. The molecule has 0 saturated carbocycles. The van der Waals surface area contributed by atoms with Crippen molar-refractivity contribution in [2.45, 2.75) is 212 Å². The van der Waals surface area contributed by atoms with E-state index in [9.17, 15) is 19.8 Å². The Balaban J connectivity index is 4.86. The molecule has 0 aromatic rings. The summed E-state index contributed by atoms with van der Waals surface area (Å²) in [6.07, 6.45) is 63.1. The molecule has 0 bridgehead atoms. The summed E-state index contributed by atoms with van der Waals surface area (Å²) < 4.78 is 5.82. The van der Waals surface area contributed by atoms with Crippen LogP contribution in [0.4, 0.5) is 0 Å². The fourth-order valence-electron chi connectivity index (χ4n) is 6.44. The Morgan fingerprint density at radius 3 is 1.42 bits per heavy atom. The minimum atomic E-state index is -0.825. The number of esters is 1. The molecule has 60 heavy (non-hydrogen) atoms. The van der Waals surface area contributed by atoms with Gasteiger partial charge in [0.25, 0.3) is 0 Å². The van der Waals surface area contributed by atoms with Crippen LogP contribution in [0.15, 0.2) is 109 Å². The summed E-state index contributed by atoms with van der Waals surface area (Å²) in [5.74, 6) is -0.659. The first-order chi connectivity index (χ1) is 29.5. The third kappa shape index (κ3) is 41.3. The van der Waals surface area contributed by atoms with Crippen LogP contribution in [-0.2, 0) is 14.3 Å². The standard InChI is InChI=1S/C54H89NO5/c1-4-7-10-13-16-19-21-23-25-26-28-30-32-35-38-41-44-47-54(59)60-50(45-42-39-36-34-31-29-27-24-22-20-17-14-11-8-5-2)48-53(58)55-51(49-56)52(57)46-43-40-37-33-18-15-12-9-6-3/h7,10,16-17,19-20,23-25,27-28,30-31,34-35,38-39,42,50-52,56-57H,4-6,8-9,11-15,18,21-22,26,29,32-33,36-37,40-41,43-49H2,1-3H3,(H,55,58)/b10-7-,19-16-,20-17-,25-23-,27-24-,30-28-,34-31-,38-35-,42-39-. The maximum Gasteiger partial charge on any atom is 0.306 e. The van der Waals surface area contributed by atoms with Crippen LogP contribution in [-0.4, -0.2) is 46.9 Å². The molecule has 0 aromatic heterocycles. The fraction of sp³-hybridized carbons (Fsp3) is 0.630. The SMILES string of the molecule is CC/C=C\C/C=C\C/C=C\C/C=C\C/C=C\CCCC(=O)OC(C/C=C\C/C=C\C/C=C\C/C=C\CCCCC)CC(=O)NC(CO)C(O)CCCCCCCCCCC. The van der Waals surface area contributed by atoms with Crippen molar-refractivity contribution in [2.24, 2.45) is 0 Å². The highest BCUT2D eigenvalue weighted by Crippen LogP contribution is 2.14. The van der Waals surface area contributed by atoms with Crippen LogP contribution in [0.5, 0.6) is 0 Å². The molecule has 340 valence electrons. The van der Waals surface area contributed by atoms with Gasteiger partial charge in [-0.15, -0.1) is 0 Å². The molecule has 0 aliphatic heterocycles. The second kappa shape index (κ2) is 46.6. The van der Waals surface area contributed by atoms with E-state index in [0.29, 0.717) is 19.3 Å². The molecule has 1 amide bonds. The maximum absolute atomic E-state index is 13.1. The predicted octanol–water partition coefficient (Wildman–Crippen LogP) is 14.3. The lowest BCUT2D eigenvalue weighted by Crippen LogP contribution is -2.46. The third-order valence-electron chi connectivity index (χ3n) is 10.1. The Morgan fingerprint density at radius 2 is 0.933 bits per heavy atom. The fourth-order valence-corrected chi connectivity index (χ4v) is 6.44. The number of carbonyl (C=O) groups excluding carboxylic acids is 2. The maximum atomic E-state index is 13.1. The van der Waals surface area contributed by atoms with Gasteiger partial charge in [-0.3, -0.25) is 9.59 Å². The number of hydrogen-bond donors (Lipinski definition) is 3. The largest absolute Gasteiger partial charge is 0.461 e. The van der Waals surface area contributed by atoms with Crippen molar-refractivity contribution in [3.63, 3.8) is 0 Å². The van der Waals surface area contributed by atoms with Gasteiger partial charge in [0.1, 0.15) is 6.10 Å². The van der Waals surface area contributed by atoms with Crippen molar-refractivity contribution in [1.82, 2.24) is 5.32 Å². The molecule has 0 saturated heterocycles. The zero-order valence-corrected chi connectivity index (χ0v) is 38.5. The molecule has 0 rings (SSSR count). The van der Waals surface area contributed by atoms with Gasteiger partial charge in [0.05, 0.1) is 25.2 Å². The molecule has 0 heterocycles. The van der Waals surface area contributed by atoms with Gasteiger partial charge < -0.3 is 20.3 Å². The lowest BCUT2D eigenvalue weighted by atomic mass is 10.0. The Bertz CT molecular complexity index is 1250. The molecule has 3 atom stereocenters. The number of aliphatic hydroxyl groups excluding tert-OH is 2. The van der Waals surface area contributed by atoms with E-state index in [2.05, 4.69) is 123 Å². The van der Waals surface area contributed by atoms with Gasteiger partial charge in [0.15, 0.2) is 0 Å². The molecule has 0 aromatic carbocycles. The quantitative estimate of drug-likeness (QED) is 0.0324. The number of nitrogens with one attached hydrogen (secondary N) is 1. The van der Waals surface area contributed by atoms with Crippen LogP contribution < -0.4 is 5.32 Å². The van der Waals surface area contributed by atoms with E-state index in [1.807, 2.05) is 12.2 Å². The monoisotopic (exact) mass is 832 g/mol. The van der Waals surface area contributed by atoms with Crippen LogP contribution >= 0.6 is 0 Å². The molecule has 0 aliphatic carbocycles. The predicted molar refractivity (Wildman–Crippen MR) is 259 cm³/mol. The molecule has 0 fully saturated rings. The Hall–Kier alpha value is -3.48. The number of ether oxygens (including phenoxy) is 1. The molecule has 0 aliphatic rings. The zero-order valence-electron chi connectivity index (χ0n) is 38.5. The minimum Gasteiger partial charge on any atom is -0.461 e. The molecule has 6 heteroatoms. The number of amides is 1. The zero-order chi connectivity index (χ0) is 43.8. The van der Waals surface area contributed by atoms with Crippen LogP contribution in [0.2, 0.25) is 0 Å². The van der Waals surface area contributed by atoms with Crippen molar-refractivity contribution in [3.8, 4) is 0 Å². The number of allylic oxidation sites excluding steroid dienone is 17. The Labute approximate surface area is 368 Å².